The molecule has 84 heavy (non-hydrogen) atoms. The van der Waals surface area contributed by atoms with Crippen LogP contribution in [0.4, 0.5) is 0 Å². The van der Waals surface area contributed by atoms with Gasteiger partial charge in [-0.15, -0.1) is 0 Å². The molecule has 12 bridgehead atoms. The van der Waals surface area contributed by atoms with E-state index in [2.05, 4.69) is 114 Å². The van der Waals surface area contributed by atoms with Gasteiger partial charge in [-0.2, -0.15) is 0 Å². The first-order valence-corrected chi connectivity index (χ1v) is 33.3. The van der Waals surface area contributed by atoms with Crippen LogP contribution >= 0.6 is 0 Å². The van der Waals surface area contributed by atoms with Crippen molar-refractivity contribution in [3.63, 3.8) is 0 Å². The third-order valence-corrected chi connectivity index (χ3v) is 21.5. The lowest BCUT2D eigenvalue weighted by molar-refractivity contribution is -0.147. The smallest absolute Gasteiger partial charge is 0.310 e. The maximum atomic E-state index is 14.4. The number of nitrogens with zero attached hydrogens (tertiary/aromatic N) is 2. The number of cyclic esters (lactones) is 4. The molecule has 4 fully saturated rings. The molecule has 11 rings (SSSR count). The van der Waals surface area contributed by atoms with Crippen LogP contribution in [0.3, 0.4) is 0 Å². The van der Waals surface area contributed by atoms with Gasteiger partial charge in [0.15, 0.2) is 0 Å². The van der Waals surface area contributed by atoms with Gasteiger partial charge in [0.1, 0.15) is 0 Å². The molecule has 2 N–H and O–H groups in total. The monoisotopic (exact) mass is 1150 g/mol. The van der Waals surface area contributed by atoms with Gasteiger partial charge in [-0.1, -0.05) is 184 Å². The van der Waals surface area contributed by atoms with Crippen LogP contribution in [0, 0.1) is 45.3 Å². The van der Waals surface area contributed by atoms with E-state index in [9.17, 15) is 19.2 Å². The predicted molar refractivity (Wildman–Crippen MR) is 334 cm³/mol. The van der Waals surface area contributed by atoms with Gasteiger partial charge in [-0.25, -0.2) is 9.97 Å². The SMILES string of the molecule is CC1(C)C2C(=O)OCCCCCCCCCCCCCCOC(=O)C3C(c4c5nc(c(c6nc(c7c8ccc([nH]8)c(c8ccc4[nH]8)C4C(C(=O)OCCCCCCCCCCCCCCOC(=O)C8C7C8(C)C)C4(C)C)C=C6)C21)C=C5)C3(C)C. The number of aromatic nitrogens is 4. The summed E-state index contributed by atoms with van der Waals surface area (Å²) in [4.78, 5) is 76.9. The zero-order valence-electron chi connectivity index (χ0n) is 52.2. The van der Waals surface area contributed by atoms with Crippen LogP contribution < -0.4 is 0 Å². The molecule has 0 saturated heterocycles. The van der Waals surface area contributed by atoms with E-state index in [4.69, 9.17) is 28.9 Å². The number of hydrogen-bond acceptors (Lipinski definition) is 10. The van der Waals surface area contributed by atoms with E-state index in [1.54, 1.807) is 0 Å². The van der Waals surface area contributed by atoms with Gasteiger partial charge in [-0.05, 0) is 95.9 Å². The Bertz CT molecular complexity index is 3120. The number of hydrogen-bond donors (Lipinski definition) is 2. The van der Waals surface area contributed by atoms with Crippen molar-refractivity contribution >= 4 is 70.2 Å². The van der Waals surface area contributed by atoms with Crippen LogP contribution in [0.5, 0.6) is 0 Å². The highest BCUT2D eigenvalue weighted by Gasteiger charge is 2.68. The standard InChI is InChI=1S/C72H98N4O8/c1-69(2)57-53-45-33-34-46(73-45)54(58-62(70(58,3)4)66(78)82-42-30-26-22-18-14-10-9-13-17-21-25-29-41-81-65(77)61(57)69)51-39-40-52(76-51)56-48-36-35-47(74-48)55(50-38-37-49(53)75-50)59-63(71(59,5)6)67(79)83-43-31-27-23-19-15-11-12-16-20-24-28-32-44-84-68(80)64-60(56)72(64,7)8/h33-40,57-64,73,75H,9-32,41-44H2,1-8H3. The Labute approximate surface area is 500 Å². The molecular formula is C72H98N4O8. The van der Waals surface area contributed by atoms with Crippen molar-refractivity contribution in [2.45, 2.75) is 233 Å². The van der Waals surface area contributed by atoms with E-state index in [0.29, 0.717) is 26.4 Å². The number of esters is 4. The lowest BCUT2D eigenvalue weighted by Crippen LogP contribution is -2.11. The van der Waals surface area contributed by atoms with E-state index in [0.717, 1.165) is 144 Å². The third kappa shape index (κ3) is 12.3. The first kappa shape index (κ1) is 60.2. The Hall–Kier alpha value is -5.52. The number of H-pyrrole nitrogens is 2. The molecule has 8 unspecified atom stereocenters. The van der Waals surface area contributed by atoms with Gasteiger partial charge in [0.05, 0.1) is 72.9 Å². The van der Waals surface area contributed by atoms with Gasteiger partial charge < -0.3 is 28.9 Å². The van der Waals surface area contributed by atoms with E-state index in [1.807, 2.05) is 0 Å². The maximum Gasteiger partial charge on any atom is 0.310 e. The molecular weight excluding hydrogens is 1050 g/mol. The summed E-state index contributed by atoms with van der Waals surface area (Å²) in [7, 11) is 0. The summed E-state index contributed by atoms with van der Waals surface area (Å²) in [5, 5.41) is 0. The largest absolute Gasteiger partial charge is 0.465 e. The second-order valence-corrected chi connectivity index (χ2v) is 28.9. The predicted octanol–water partition coefficient (Wildman–Crippen LogP) is 17.2. The molecule has 12 nitrogen and oxygen atoms in total. The molecule has 0 aromatic carbocycles. The molecule has 3 aromatic heterocycles. The first-order chi connectivity index (χ1) is 40.5. The number of rotatable bonds is 0. The highest BCUT2D eigenvalue weighted by atomic mass is 16.5. The minimum absolute atomic E-state index is 0.166. The Morgan fingerprint density at radius 1 is 0.298 bits per heavy atom. The normalized spacial score (nSPS) is 29.8. The number of nitrogens with one attached hydrogen (secondary N) is 2. The molecule has 12 heteroatoms. The fourth-order valence-electron chi connectivity index (χ4n) is 16.1. The van der Waals surface area contributed by atoms with Gasteiger partial charge in [0.25, 0.3) is 0 Å². The Balaban J connectivity index is 1.08. The molecule has 454 valence electrons. The number of carbonyl (C=O) groups excluding carboxylic acids is 4. The average molecular weight is 1150 g/mol. The zero-order chi connectivity index (χ0) is 59.0. The van der Waals surface area contributed by atoms with Gasteiger partial charge in [-0.3, -0.25) is 19.2 Å². The summed E-state index contributed by atoms with van der Waals surface area (Å²) in [6.45, 7) is 19.0. The second kappa shape index (κ2) is 25.1. The number of ether oxygens (including phenoxy) is 4. The highest BCUT2D eigenvalue weighted by Crippen LogP contribution is 2.70. The van der Waals surface area contributed by atoms with E-state index < -0.39 is 39.4 Å². The van der Waals surface area contributed by atoms with E-state index in [1.165, 1.54) is 77.0 Å². The fourth-order valence-corrected chi connectivity index (χ4v) is 16.1. The molecule has 3 aromatic rings. The van der Waals surface area contributed by atoms with Crippen LogP contribution in [0.1, 0.15) is 278 Å². The van der Waals surface area contributed by atoms with Crippen molar-refractivity contribution < 1.29 is 38.1 Å². The maximum absolute atomic E-state index is 14.4. The van der Waals surface area contributed by atoms with Crippen molar-refractivity contribution in [1.29, 1.82) is 0 Å². The topological polar surface area (TPSA) is 163 Å². The Kier molecular flexibility index (Phi) is 18.0. The molecule has 8 aliphatic rings. The average Bonchev–Trinajstić information content (AvgIpc) is 1.59. The van der Waals surface area contributed by atoms with Crippen LogP contribution in [0.15, 0.2) is 24.3 Å². The van der Waals surface area contributed by atoms with Gasteiger partial charge in [0, 0.05) is 68.0 Å². The Morgan fingerprint density at radius 2 is 0.500 bits per heavy atom. The zero-order valence-corrected chi connectivity index (χ0v) is 52.2. The molecule has 0 spiro atoms. The van der Waals surface area contributed by atoms with Crippen LogP contribution in [0.25, 0.3) is 46.4 Å². The third-order valence-electron chi connectivity index (χ3n) is 21.5. The van der Waals surface area contributed by atoms with Gasteiger partial charge in [0.2, 0.25) is 0 Å². The van der Waals surface area contributed by atoms with Crippen molar-refractivity contribution in [2.24, 2.45) is 45.3 Å². The summed E-state index contributed by atoms with van der Waals surface area (Å²) in [6, 6.07) is 8.50. The second-order valence-electron chi connectivity index (χ2n) is 28.9. The number of carbonyl (C=O) groups is 4. The quantitative estimate of drug-likeness (QED) is 0.113. The minimum Gasteiger partial charge on any atom is -0.465 e. The van der Waals surface area contributed by atoms with Crippen LogP contribution in [-0.4, -0.2) is 70.2 Å². The minimum atomic E-state index is -0.461. The highest BCUT2D eigenvalue weighted by molar-refractivity contribution is 5.91. The van der Waals surface area contributed by atoms with Crippen molar-refractivity contribution in [2.75, 3.05) is 26.4 Å². The summed E-state index contributed by atoms with van der Waals surface area (Å²) >= 11 is 0. The molecule has 8 atom stereocenters. The van der Waals surface area contributed by atoms with Crippen molar-refractivity contribution in [1.82, 2.24) is 19.9 Å². The summed E-state index contributed by atoms with van der Waals surface area (Å²) in [5.74, 6) is -3.20. The Morgan fingerprint density at radius 3 is 0.762 bits per heavy atom. The van der Waals surface area contributed by atoms with Crippen molar-refractivity contribution in [3.05, 3.63) is 69.3 Å². The lowest BCUT2D eigenvalue weighted by Gasteiger charge is -2.08. The molecule has 4 aliphatic heterocycles. The number of aromatic amines is 2. The summed E-state index contributed by atoms with van der Waals surface area (Å²) < 4.78 is 24.7. The first-order valence-electron chi connectivity index (χ1n) is 33.3. The van der Waals surface area contributed by atoms with Gasteiger partial charge >= 0.3 is 23.9 Å². The van der Waals surface area contributed by atoms with Crippen molar-refractivity contribution in [3.8, 4) is 0 Å². The van der Waals surface area contributed by atoms with Crippen LogP contribution in [-0.2, 0) is 38.1 Å². The molecule has 7 heterocycles. The van der Waals surface area contributed by atoms with Crippen LogP contribution in [0.2, 0.25) is 0 Å². The molecule has 4 aliphatic carbocycles. The fraction of sp³-hybridized carbons (Fsp3) is 0.667. The lowest BCUT2D eigenvalue weighted by atomic mass is 10.00. The van der Waals surface area contributed by atoms with E-state index >= 15 is 0 Å². The molecule has 4 saturated carbocycles. The molecule has 0 radical (unpaired) electrons. The summed E-state index contributed by atoms with van der Waals surface area (Å²) in [6.07, 6.45) is 35.2. The van der Waals surface area contributed by atoms with E-state index in [-0.39, 0.29) is 53.5 Å². The number of fused-ring (bicyclic) bond motifs is 16. The summed E-state index contributed by atoms with van der Waals surface area (Å²) in [5.41, 5.74) is 8.31. The molecule has 0 amide bonds.